The fourth-order valence-corrected chi connectivity index (χ4v) is 2.93. The van der Waals surface area contributed by atoms with Crippen LogP contribution in [-0.2, 0) is 0 Å². The van der Waals surface area contributed by atoms with Crippen LogP contribution in [0.4, 0.5) is 4.39 Å². The van der Waals surface area contributed by atoms with Crippen molar-refractivity contribution in [2.24, 2.45) is 5.73 Å². The van der Waals surface area contributed by atoms with Crippen molar-refractivity contribution in [2.75, 3.05) is 0 Å². The molecule has 0 atom stereocenters. The van der Waals surface area contributed by atoms with Gasteiger partial charge in [-0.3, -0.25) is 4.79 Å². The van der Waals surface area contributed by atoms with E-state index in [1.54, 1.807) is 0 Å². The van der Waals surface area contributed by atoms with Crippen LogP contribution in [0.3, 0.4) is 0 Å². The Morgan fingerprint density at radius 1 is 1.09 bits per heavy atom. The fourth-order valence-electron chi connectivity index (χ4n) is 2.93. The molecule has 3 nitrogen and oxygen atoms in total. The van der Waals surface area contributed by atoms with Crippen molar-refractivity contribution >= 4 is 5.91 Å². The number of carbonyl (C=O) groups excluding carboxylic acids is 1. The first kappa shape index (κ1) is 14.6. The van der Waals surface area contributed by atoms with Crippen LogP contribution in [0.2, 0.25) is 0 Å². The van der Waals surface area contributed by atoms with Crippen LogP contribution in [-0.4, -0.2) is 5.91 Å². The van der Waals surface area contributed by atoms with Crippen LogP contribution in [0, 0.1) is 5.82 Å². The van der Waals surface area contributed by atoms with Crippen molar-refractivity contribution in [3.8, 4) is 11.5 Å². The zero-order chi connectivity index (χ0) is 15.5. The molecule has 22 heavy (non-hydrogen) atoms. The van der Waals surface area contributed by atoms with E-state index >= 15 is 0 Å². The number of primary amides is 1. The van der Waals surface area contributed by atoms with Crippen LogP contribution < -0.4 is 10.5 Å². The number of benzene rings is 2. The molecule has 0 bridgehead atoms. The summed E-state index contributed by atoms with van der Waals surface area (Å²) in [4.78, 5) is 11.0. The van der Waals surface area contributed by atoms with Gasteiger partial charge < -0.3 is 10.5 Å². The lowest BCUT2D eigenvalue weighted by atomic mass is 9.98. The third-order valence-corrected chi connectivity index (χ3v) is 4.15. The monoisotopic (exact) mass is 299 g/mol. The third kappa shape index (κ3) is 3.11. The minimum absolute atomic E-state index is 0.0821. The van der Waals surface area contributed by atoms with Crippen LogP contribution in [0.15, 0.2) is 42.5 Å². The SMILES string of the molecule is NC(=O)c1ccc(Oc2ccc(C3CCCC3)cc2)c(F)c1. The van der Waals surface area contributed by atoms with Gasteiger partial charge in [-0.25, -0.2) is 4.39 Å². The van der Waals surface area contributed by atoms with Gasteiger partial charge in [-0.2, -0.15) is 0 Å². The van der Waals surface area contributed by atoms with Crippen molar-refractivity contribution in [1.82, 2.24) is 0 Å². The zero-order valence-electron chi connectivity index (χ0n) is 12.2. The second kappa shape index (κ2) is 6.18. The molecule has 1 aliphatic rings. The van der Waals surface area contributed by atoms with E-state index in [-0.39, 0.29) is 11.3 Å². The standard InChI is InChI=1S/C18H18FNO2/c19-16-11-14(18(20)21)7-10-17(16)22-15-8-5-13(6-9-15)12-3-1-2-4-12/h5-12H,1-4H2,(H2,20,21). The summed E-state index contributed by atoms with van der Waals surface area (Å²) >= 11 is 0. The topological polar surface area (TPSA) is 52.3 Å². The van der Waals surface area contributed by atoms with Gasteiger partial charge in [0, 0.05) is 5.56 Å². The molecule has 0 radical (unpaired) electrons. The summed E-state index contributed by atoms with van der Waals surface area (Å²) in [6.07, 6.45) is 5.06. The Kier molecular flexibility index (Phi) is 4.09. The van der Waals surface area contributed by atoms with Crippen molar-refractivity contribution in [2.45, 2.75) is 31.6 Å². The highest BCUT2D eigenvalue weighted by Crippen LogP contribution is 2.35. The van der Waals surface area contributed by atoms with Crippen LogP contribution in [0.5, 0.6) is 11.5 Å². The third-order valence-electron chi connectivity index (χ3n) is 4.15. The highest BCUT2D eigenvalue weighted by Gasteiger charge is 2.17. The Balaban J connectivity index is 1.74. The summed E-state index contributed by atoms with van der Waals surface area (Å²) in [5.41, 5.74) is 6.56. The Morgan fingerprint density at radius 2 is 1.77 bits per heavy atom. The van der Waals surface area contributed by atoms with Crippen LogP contribution >= 0.6 is 0 Å². The molecule has 0 aromatic heterocycles. The maximum Gasteiger partial charge on any atom is 0.248 e. The predicted octanol–water partition coefficient (Wildman–Crippen LogP) is 4.37. The molecule has 114 valence electrons. The second-order valence-electron chi connectivity index (χ2n) is 5.66. The molecule has 2 aromatic rings. The minimum Gasteiger partial charge on any atom is -0.454 e. The van der Waals surface area contributed by atoms with Gasteiger partial charge in [-0.05, 0) is 54.7 Å². The maximum absolute atomic E-state index is 13.9. The van der Waals surface area contributed by atoms with Gasteiger partial charge in [0.15, 0.2) is 11.6 Å². The van der Waals surface area contributed by atoms with Gasteiger partial charge in [0.25, 0.3) is 0 Å². The highest BCUT2D eigenvalue weighted by molar-refractivity contribution is 5.92. The van der Waals surface area contributed by atoms with Crippen molar-refractivity contribution < 1.29 is 13.9 Å². The molecule has 2 aromatic carbocycles. The molecule has 3 rings (SSSR count). The van der Waals surface area contributed by atoms with E-state index in [1.165, 1.54) is 43.4 Å². The lowest BCUT2D eigenvalue weighted by Crippen LogP contribution is -2.11. The van der Waals surface area contributed by atoms with E-state index in [4.69, 9.17) is 10.5 Å². The molecule has 1 fully saturated rings. The van der Waals surface area contributed by atoms with E-state index in [9.17, 15) is 9.18 Å². The highest BCUT2D eigenvalue weighted by atomic mass is 19.1. The molecule has 0 saturated heterocycles. The number of hydrogen-bond donors (Lipinski definition) is 1. The Hall–Kier alpha value is -2.36. The van der Waals surface area contributed by atoms with Gasteiger partial charge in [0.1, 0.15) is 5.75 Å². The molecule has 4 heteroatoms. The van der Waals surface area contributed by atoms with E-state index in [1.807, 2.05) is 24.3 Å². The Labute approximate surface area is 128 Å². The van der Waals surface area contributed by atoms with Crippen LogP contribution in [0.25, 0.3) is 0 Å². The summed E-state index contributed by atoms with van der Waals surface area (Å²) in [5, 5.41) is 0. The molecule has 0 unspecified atom stereocenters. The summed E-state index contributed by atoms with van der Waals surface area (Å²) in [5.74, 6) is 0.0364. The first-order valence-corrected chi connectivity index (χ1v) is 7.50. The number of amides is 1. The van der Waals surface area contributed by atoms with Crippen LogP contribution in [0.1, 0.15) is 47.5 Å². The summed E-state index contributed by atoms with van der Waals surface area (Å²) in [7, 11) is 0. The zero-order valence-corrected chi connectivity index (χ0v) is 12.2. The summed E-state index contributed by atoms with van der Waals surface area (Å²) in [6.45, 7) is 0. The maximum atomic E-state index is 13.9. The van der Waals surface area contributed by atoms with E-state index in [2.05, 4.69) is 0 Å². The molecular weight excluding hydrogens is 281 g/mol. The largest absolute Gasteiger partial charge is 0.454 e. The number of halogens is 1. The molecular formula is C18H18FNO2. The lowest BCUT2D eigenvalue weighted by molar-refractivity contribution is 0.1000. The summed E-state index contributed by atoms with van der Waals surface area (Å²) in [6, 6.07) is 11.8. The predicted molar refractivity (Wildman–Crippen MR) is 82.6 cm³/mol. The van der Waals surface area contributed by atoms with E-state index in [0.29, 0.717) is 11.7 Å². The number of hydrogen-bond acceptors (Lipinski definition) is 2. The first-order chi connectivity index (χ1) is 10.6. The number of ether oxygens (including phenoxy) is 1. The minimum atomic E-state index is -0.661. The summed E-state index contributed by atoms with van der Waals surface area (Å²) < 4.78 is 19.4. The van der Waals surface area contributed by atoms with Crippen molar-refractivity contribution in [3.05, 3.63) is 59.4 Å². The Morgan fingerprint density at radius 3 is 2.36 bits per heavy atom. The molecule has 0 spiro atoms. The lowest BCUT2D eigenvalue weighted by Gasteiger charge is -2.11. The number of nitrogens with two attached hydrogens (primary N) is 1. The van der Waals surface area contributed by atoms with Crippen molar-refractivity contribution in [3.63, 3.8) is 0 Å². The van der Waals surface area contributed by atoms with Gasteiger partial charge >= 0.3 is 0 Å². The fraction of sp³-hybridized carbons (Fsp3) is 0.278. The van der Waals surface area contributed by atoms with Gasteiger partial charge in [0.2, 0.25) is 5.91 Å². The normalized spacial score (nSPS) is 15.0. The van der Waals surface area contributed by atoms with Gasteiger partial charge in [-0.1, -0.05) is 25.0 Å². The molecule has 2 N–H and O–H groups in total. The quantitative estimate of drug-likeness (QED) is 0.911. The molecule has 1 amide bonds. The first-order valence-electron chi connectivity index (χ1n) is 7.50. The van der Waals surface area contributed by atoms with Gasteiger partial charge in [0.05, 0.1) is 0 Å². The second-order valence-corrected chi connectivity index (χ2v) is 5.66. The smallest absolute Gasteiger partial charge is 0.248 e. The molecule has 1 aliphatic carbocycles. The van der Waals surface area contributed by atoms with E-state index in [0.717, 1.165) is 6.07 Å². The average Bonchev–Trinajstić information content (AvgIpc) is 3.04. The van der Waals surface area contributed by atoms with E-state index < -0.39 is 11.7 Å². The molecule has 0 aliphatic heterocycles. The number of carbonyl (C=O) groups is 1. The van der Waals surface area contributed by atoms with Crippen molar-refractivity contribution in [1.29, 1.82) is 0 Å². The van der Waals surface area contributed by atoms with Gasteiger partial charge in [-0.15, -0.1) is 0 Å². The Bertz CT molecular complexity index is 676. The average molecular weight is 299 g/mol. The number of rotatable bonds is 4. The molecule has 1 saturated carbocycles. The molecule has 0 heterocycles.